The van der Waals surface area contributed by atoms with Gasteiger partial charge in [0.05, 0.1) is 28.9 Å². The Morgan fingerprint density at radius 1 is 1.05 bits per heavy atom. The fourth-order valence-corrected chi connectivity index (χ4v) is 5.53. The van der Waals surface area contributed by atoms with Gasteiger partial charge in [-0.15, -0.1) is 0 Å². The number of carbonyl (C=O) groups excluding carboxylic acids is 2. The first-order valence-electron chi connectivity index (χ1n) is 11.4. The number of aliphatic hydroxyl groups is 1. The third-order valence-corrected chi connectivity index (χ3v) is 7.25. The molecular formula is C27H20N2O7S. The zero-order chi connectivity index (χ0) is 25.7. The molecule has 2 aliphatic rings. The summed E-state index contributed by atoms with van der Waals surface area (Å²) in [6.07, 6.45) is 0. The second-order valence-corrected chi connectivity index (χ2v) is 9.46. The molecule has 37 heavy (non-hydrogen) atoms. The number of aromatic nitrogens is 1. The van der Waals surface area contributed by atoms with E-state index in [-0.39, 0.29) is 22.2 Å². The molecule has 0 saturated carbocycles. The minimum atomic E-state index is -1.03. The highest BCUT2D eigenvalue weighted by atomic mass is 32.1. The molecule has 1 atom stereocenters. The van der Waals surface area contributed by atoms with Crippen molar-refractivity contribution in [2.24, 2.45) is 0 Å². The first kappa shape index (κ1) is 22.9. The van der Waals surface area contributed by atoms with E-state index in [2.05, 4.69) is 4.98 Å². The minimum Gasteiger partial charge on any atom is -0.508 e. The number of hydrogen-bond acceptors (Lipinski definition) is 9. The van der Waals surface area contributed by atoms with Crippen molar-refractivity contribution in [3.8, 4) is 23.0 Å². The van der Waals surface area contributed by atoms with Crippen molar-refractivity contribution in [1.82, 2.24) is 4.98 Å². The number of ketones is 1. The van der Waals surface area contributed by atoms with Gasteiger partial charge < -0.3 is 24.4 Å². The van der Waals surface area contributed by atoms with Crippen LogP contribution in [0.4, 0.5) is 5.13 Å². The number of phenolic OH excluding ortho intramolecular Hbond substituents is 1. The van der Waals surface area contributed by atoms with Gasteiger partial charge in [0.15, 0.2) is 16.6 Å². The number of anilines is 1. The minimum absolute atomic E-state index is 0.0450. The Hall–Kier alpha value is -4.57. The van der Waals surface area contributed by atoms with E-state index >= 15 is 0 Å². The number of benzene rings is 3. The van der Waals surface area contributed by atoms with Gasteiger partial charge in [0.1, 0.15) is 30.5 Å². The summed E-state index contributed by atoms with van der Waals surface area (Å²) < 4.78 is 17.2. The molecule has 1 amide bonds. The Morgan fingerprint density at radius 3 is 2.65 bits per heavy atom. The second kappa shape index (κ2) is 8.82. The van der Waals surface area contributed by atoms with Crippen molar-refractivity contribution in [3.05, 3.63) is 77.4 Å². The van der Waals surface area contributed by atoms with Gasteiger partial charge in [0.25, 0.3) is 5.78 Å². The Labute approximate surface area is 214 Å². The van der Waals surface area contributed by atoms with Crippen LogP contribution in [0.2, 0.25) is 0 Å². The van der Waals surface area contributed by atoms with Crippen molar-refractivity contribution in [2.45, 2.75) is 6.04 Å². The summed E-state index contributed by atoms with van der Waals surface area (Å²) in [7, 11) is 1.56. The molecule has 0 bridgehead atoms. The molecular weight excluding hydrogens is 496 g/mol. The maximum Gasteiger partial charge on any atom is 0.301 e. The van der Waals surface area contributed by atoms with Crippen molar-refractivity contribution in [2.75, 3.05) is 25.2 Å². The number of aromatic hydroxyl groups is 1. The van der Waals surface area contributed by atoms with Gasteiger partial charge in [-0.05, 0) is 54.1 Å². The summed E-state index contributed by atoms with van der Waals surface area (Å²) in [6, 6.07) is 15.3. The highest BCUT2D eigenvalue weighted by Crippen LogP contribution is 2.45. The Balaban J connectivity index is 1.53. The lowest BCUT2D eigenvalue weighted by Gasteiger charge is -2.23. The zero-order valence-electron chi connectivity index (χ0n) is 19.5. The second-order valence-electron chi connectivity index (χ2n) is 8.45. The highest BCUT2D eigenvalue weighted by molar-refractivity contribution is 7.22. The Bertz CT molecular complexity index is 1610. The summed E-state index contributed by atoms with van der Waals surface area (Å²) in [5, 5.41) is 21.8. The zero-order valence-corrected chi connectivity index (χ0v) is 20.3. The van der Waals surface area contributed by atoms with E-state index < -0.39 is 17.7 Å². The maximum absolute atomic E-state index is 13.4. The van der Waals surface area contributed by atoms with E-state index in [1.54, 1.807) is 55.6 Å². The van der Waals surface area contributed by atoms with Crippen molar-refractivity contribution >= 4 is 44.1 Å². The number of aliphatic hydroxyl groups excluding tert-OH is 1. The van der Waals surface area contributed by atoms with Crippen LogP contribution < -0.4 is 19.1 Å². The molecule has 2 N–H and O–H groups in total. The van der Waals surface area contributed by atoms with E-state index in [9.17, 15) is 19.8 Å². The average Bonchev–Trinajstić information content (AvgIpc) is 3.45. The molecule has 6 rings (SSSR count). The van der Waals surface area contributed by atoms with Crippen LogP contribution in [0.15, 0.2) is 66.2 Å². The molecule has 0 radical (unpaired) electrons. The fraction of sp³-hybridized carbons (Fsp3) is 0.148. The van der Waals surface area contributed by atoms with Crippen molar-refractivity contribution in [1.29, 1.82) is 0 Å². The van der Waals surface area contributed by atoms with Crippen molar-refractivity contribution in [3.63, 3.8) is 0 Å². The quantitative estimate of drug-likeness (QED) is 0.233. The van der Waals surface area contributed by atoms with Gasteiger partial charge in [-0.25, -0.2) is 4.98 Å². The van der Waals surface area contributed by atoms with Crippen LogP contribution in [0.3, 0.4) is 0 Å². The summed E-state index contributed by atoms with van der Waals surface area (Å²) in [5.74, 6) is -0.523. The molecule has 0 aliphatic carbocycles. The number of thiazole rings is 1. The third kappa shape index (κ3) is 3.82. The van der Waals surface area contributed by atoms with E-state index in [1.165, 1.54) is 28.4 Å². The van der Waals surface area contributed by atoms with Gasteiger partial charge in [0, 0.05) is 5.56 Å². The summed E-state index contributed by atoms with van der Waals surface area (Å²) in [5.41, 5.74) is 1.24. The molecule has 1 aromatic heterocycles. The largest absolute Gasteiger partial charge is 0.508 e. The lowest BCUT2D eigenvalue weighted by Crippen LogP contribution is -2.29. The van der Waals surface area contributed by atoms with Gasteiger partial charge in [-0.1, -0.05) is 23.5 Å². The summed E-state index contributed by atoms with van der Waals surface area (Å²) in [6.45, 7) is 0.766. The number of ether oxygens (including phenoxy) is 3. The van der Waals surface area contributed by atoms with Crippen LogP contribution in [0.25, 0.3) is 16.0 Å². The standard InChI is InChI=1S/C27H20N2O7S/c1-34-17-6-7-18-21(13-17)37-27(28-18)29-23(14-3-2-4-16(30)11-14)22(25(32)26(29)33)24(31)15-5-8-19-20(12-15)36-10-9-35-19/h2-8,11-13,23,30-31H,9-10H2,1H3/b24-22+/t23-/m0/s1. The highest BCUT2D eigenvalue weighted by Gasteiger charge is 2.48. The lowest BCUT2D eigenvalue weighted by atomic mass is 9.95. The van der Waals surface area contributed by atoms with E-state index in [0.29, 0.717) is 47.1 Å². The number of hydrogen-bond donors (Lipinski definition) is 2. The molecule has 1 fully saturated rings. The molecule has 9 nitrogen and oxygen atoms in total. The SMILES string of the molecule is COc1ccc2nc(N3C(=O)C(=O)/C(=C(/O)c4ccc5c(c4)OCCO5)[C@@H]3c3cccc(O)c3)sc2c1. The average molecular weight is 517 g/mol. The van der Waals surface area contributed by atoms with E-state index in [0.717, 1.165) is 4.70 Å². The number of fused-ring (bicyclic) bond motifs is 2. The number of phenols is 1. The van der Waals surface area contributed by atoms with Gasteiger partial charge in [-0.3, -0.25) is 14.5 Å². The first-order chi connectivity index (χ1) is 17.9. The van der Waals surface area contributed by atoms with E-state index in [1.807, 2.05) is 0 Å². The number of methoxy groups -OCH3 is 1. The molecule has 0 unspecified atom stereocenters. The predicted molar refractivity (Wildman–Crippen MR) is 136 cm³/mol. The molecule has 0 spiro atoms. The summed E-state index contributed by atoms with van der Waals surface area (Å²) in [4.78, 5) is 32.7. The van der Waals surface area contributed by atoms with Gasteiger partial charge >= 0.3 is 5.91 Å². The van der Waals surface area contributed by atoms with Crippen LogP contribution in [0.1, 0.15) is 17.2 Å². The molecule has 4 aromatic rings. The van der Waals surface area contributed by atoms with Gasteiger partial charge in [0.2, 0.25) is 0 Å². The first-order valence-corrected chi connectivity index (χ1v) is 12.2. The normalized spacial score (nSPS) is 18.4. The Morgan fingerprint density at radius 2 is 1.86 bits per heavy atom. The van der Waals surface area contributed by atoms with E-state index in [4.69, 9.17) is 14.2 Å². The smallest absolute Gasteiger partial charge is 0.301 e. The molecule has 1 saturated heterocycles. The summed E-state index contributed by atoms with van der Waals surface area (Å²) >= 11 is 1.22. The van der Waals surface area contributed by atoms with Crippen molar-refractivity contribution < 1.29 is 34.0 Å². The fourth-order valence-electron chi connectivity index (χ4n) is 4.51. The predicted octanol–water partition coefficient (Wildman–Crippen LogP) is 4.41. The van der Waals surface area contributed by atoms with Crippen LogP contribution in [0.5, 0.6) is 23.0 Å². The molecule has 10 heteroatoms. The third-order valence-electron chi connectivity index (χ3n) is 6.24. The molecule has 186 valence electrons. The monoisotopic (exact) mass is 516 g/mol. The van der Waals surface area contributed by atoms with Crippen LogP contribution in [-0.4, -0.2) is 47.2 Å². The van der Waals surface area contributed by atoms with Crippen LogP contribution >= 0.6 is 11.3 Å². The maximum atomic E-state index is 13.4. The van der Waals surface area contributed by atoms with Crippen LogP contribution in [-0.2, 0) is 9.59 Å². The number of carbonyl (C=O) groups is 2. The molecule has 3 heterocycles. The topological polar surface area (TPSA) is 118 Å². The number of rotatable bonds is 4. The number of nitrogens with zero attached hydrogens (tertiary/aromatic N) is 2. The number of Topliss-reactive ketones (excluding diaryl/α,β-unsaturated/α-hetero) is 1. The van der Waals surface area contributed by atoms with Gasteiger partial charge in [-0.2, -0.15) is 0 Å². The molecule has 2 aliphatic heterocycles. The Kier molecular flexibility index (Phi) is 5.45. The number of amides is 1. The molecule has 3 aromatic carbocycles. The van der Waals surface area contributed by atoms with Crippen LogP contribution in [0, 0.1) is 0 Å². The lowest BCUT2D eigenvalue weighted by molar-refractivity contribution is -0.132.